The van der Waals surface area contributed by atoms with Gasteiger partial charge in [-0.15, -0.1) is 0 Å². The van der Waals surface area contributed by atoms with Gasteiger partial charge >= 0.3 is 0 Å². The van der Waals surface area contributed by atoms with Gasteiger partial charge in [-0.2, -0.15) is 0 Å². The third-order valence-electron chi connectivity index (χ3n) is 3.61. The first-order chi connectivity index (χ1) is 10.2. The maximum absolute atomic E-state index is 13.0. The molecule has 0 bridgehead atoms. The van der Waals surface area contributed by atoms with E-state index in [-0.39, 0.29) is 5.82 Å². The second-order valence-electron chi connectivity index (χ2n) is 4.96. The minimum atomic E-state index is -0.245. The Bertz CT molecular complexity index is 954. The number of fused-ring (bicyclic) bond motifs is 3. The quantitative estimate of drug-likeness (QED) is 0.404. The second-order valence-corrected chi connectivity index (χ2v) is 5.88. The molecule has 0 aliphatic rings. The van der Waals surface area contributed by atoms with E-state index in [0.717, 1.165) is 37.5 Å². The maximum atomic E-state index is 13.0. The molecule has 0 atom stereocenters. The molecule has 1 nitrogen and oxygen atoms in total. The molecular formula is C18H10BrFO. The Labute approximate surface area is 129 Å². The lowest BCUT2D eigenvalue weighted by atomic mass is 10.1. The summed E-state index contributed by atoms with van der Waals surface area (Å²) in [5.74, 6) is 0.505. The minimum Gasteiger partial charge on any atom is -0.456 e. The number of hydrogen-bond acceptors (Lipinski definition) is 1. The van der Waals surface area contributed by atoms with Gasteiger partial charge in [-0.3, -0.25) is 0 Å². The summed E-state index contributed by atoms with van der Waals surface area (Å²) in [5.41, 5.74) is 1.71. The first-order valence-electron chi connectivity index (χ1n) is 6.58. The molecule has 0 aliphatic carbocycles. The zero-order valence-electron chi connectivity index (χ0n) is 10.9. The van der Waals surface area contributed by atoms with Gasteiger partial charge < -0.3 is 4.42 Å². The summed E-state index contributed by atoms with van der Waals surface area (Å²) in [6.45, 7) is 0. The molecule has 0 unspecified atom stereocenters. The molecule has 0 N–H and O–H groups in total. The lowest BCUT2D eigenvalue weighted by Crippen LogP contribution is -1.75. The molecule has 0 saturated carbocycles. The lowest BCUT2D eigenvalue weighted by Gasteiger charge is -1.99. The van der Waals surface area contributed by atoms with Gasteiger partial charge in [0.2, 0.25) is 0 Å². The Kier molecular flexibility index (Phi) is 2.82. The van der Waals surface area contributed by atoms with Crippen molar-refractivity contribution < 1.29 is 8.81 Å². The van der Waals surface area contributed by atoms with Crippen LogP contribution < -0.4 is 0 Å². The zero-order chi connectivity index (χ0) is 14.4. The van der Waals surface area contributed by atoms with E-state index in [9.17, 15) is 4.39 Å². The fourth-order valence-electron chi connectivity index (χ4n) is 2.58. The molecule has 0 spiro atoms. The van der Waals surface area contributed by atoms with Gasteiger partial charge in [0.15, 0.2) is 0 Å². The van der Waals surface area contributed by atoms with Crippen molar-refractivity contribution in [3.05, 3.63) is 71.0 Å². The summed E-state index contributed by atoms with van der Waals surface area (Å²) >= 11 is 3.49. The number of rotatable bonds is 1. The third kappa shape index (κ3) is 2.14. The van der Waals surface area contributed by atoms with Crippen LogP contribution in [0.25, 0.3) is 33.1 Å². The molecule has 4 rings (SSSR count). The van der Waals surface area contributed by atoms with Crippen molar-refractivity contribution in [2.45, 2.75) is 0 Å². The van der Waals surface area contributed by atoms with E-state index < -0.39 is 0 Å². The zero-order valence-corrected chi connectivity index (χ0v) is 12.5. The van der Waals surface area contributed by atoms with Gasteiger partial charge in [0.25, 0.3) is 0 Å². The van der Waals surface area contributed by atoms with Crippen LogP contribution in [0.15, 0.2) is 69.6 Å². The van der Waals surface area contributed by atoms with E-state index in [0.29, 0.717) is 0 Å². The Hall–Kier alpha value is -2.13. The van der Waals surface area contributed by atoms with Crippen LogP contribution in [0.3, 0.4) is 0 Å². The molecule has 3 heteroatoms. The largest absolute Gasteiger partial charge is 0.456 e. The molecule has 1 heterocycles. The minimum absolute atomic E-state index is 0.245. The van der Waals surface area contributed by atoms with Crippen LogP contribution in [0.4, 0.5) is 4.39 Å². The van der Waals surface area contributed by atoms with Gasteiger partial charge in [0, 0.05) is 15.4 Å². The molecular weight excluding hydrogens is 331 g/mol. The Morgan fingerprint density at radius 2 is 1.62 bits per heavy atom. The summed E-state index contributed by atoms with van der Waals surface area (Å²) in [6, 6.07) is 18.5. The summed E-state index contributed by atoms with van der Waals surface area (Å²) in [7, 11) is 0. The monoisotopic (exact) mass is 340 g/mol. The van der Waals surface area contributed by atoms with Crippen molar-refractivity contribution in [3.63, 3.8) is 0 Å². The fraction of sp³-hybridized carbons (Fsp3) is 0. The van der Waals surface area contributed by atoms with Crippen molar-refractivity contribution in [2.75, 3.05) is 0 Å². The third-order valence-corrected chi connectivity index (χ3v) is 4.10. The Morgan fingerprint density at radius 3 is 2.43 bits per heavy atom. The highest BCUT2D eigenvalue weighted by molar-refractivity contribution is 9.10. The average Bonchev–Trinajstić information content (AvgIpc) is 2.92. The van der Waals surface area contributed by atoms with E-state index in [1.807, 2.05) is 24.3 Å². The van der Waals surface area contributed by atoms with Crippen LogP contribution in [-0.4, -0.2) is 0 Å². The van der Waals surface area contributed by atoms with Gasteiger partial charge in [-0.25, -0.2) is 4.39 Å². The van der Waals surface area contributed by atoms with Gasteiger partial charge in [0.05, 0.1) is 0 Å². The molecule has 21 heavy (non-hydrogen) atoms. The van der Waals surface area contributed by atoms with Crippen LogP contribution in [-0.2, 0) is 0 Å². The number of hydrogen-bond donors (Lipinski definition) is 0. The molecule has 102 valence electrons. The Balaban J connectivity index is 1.97. The number of benzene rings is 3. The molecule has 1 aromatic heterocycles. The van der Waals surface area contributed by atoms with Gasteiger partial charge in [0.1, 0.15) is 17.2 Å². The lowest BCUT2D eigenvalue weighted by molar-refractivity contribution is 0.623. The SMILES string of the molecule is Fc1ccc(-c2cc3c(ccc4cc(Br)ccc43)o2)cc1. The van der Waals surface area contributed by atoms with Gasteiger partial charge in [-0.05, 0) is 59.3 Å². The van der Waals surface area contributed by atoms with Gasteiger partial charge in [-0.1, -0.05) is 28.1 Å². The molecule has 4 aromatic rings. The normalized spacial score (nSPS) is 11.3. The highest BCUT2D eigenvalue weighted by Crippen LogP contribution is 2.33. The van der Waals surface area contributed by atoms with Crippen LogP contribution in [0.5, 0.6) is 0 Å². The van der Waals surface area contributed by atoms with E-state index in [1.165, 1.54) is 12.1 Å². The summed E-state index contributed by atoms with van der Waals surface area (Å²) in [5, 5.41) is 3.37. The highest BCUT2D eigenvalue weighted by Gasteiger charge is 2.09. The molecule has 0 aliphatic heterocycles. The first kappa shape index (κ1) is 12.6. The maximum Gasteiger partial charge on any atom is 0.135 e. The smallest absolute Gasteiger partial charge is 0.135 e. The molecule has 0 saturated heterocycles. The van der Waals surface area contributed by atoms with E-state index >= 15 is 0 Å². The highest BCUT2D eigenvalue weighted by atomic mass is 79.9. The van der Waals surface area contributed by atoms with Crippen molar-refractivity contribution in [3.8, 4) is 11.3 Å². The Morgan fingerprint density at radius 1 is 0.810 bits per heavy atom. The molecule has 3 aromatic carbocycles. The predicted octanol–water partition coefficient (Wildman–Crippen LogP) is 6.15. The van der Waals surface area contributed by atoms with E-state index in [4.69, 9.17) is 4.42 Å². The number of furan rings is 1. The second kappa shape index (κ2) is 4.71. The predicted molar refractivity (Wildman–Crippen MR) is 86.8 cm³/mol. The molecule has 0 fully saturated rings. The molecule has 0 radical (unpaired) electrons. The van der Waals surface area contributed by atoms with E-state index in [1.54, 1.807) is 12.1 Å². The standard InChI is InChI=1S/C18H10BrFO/c19-13-4-7-15-12(9-13)3-8-17-16(15)10-18(21-17)11-1-5-14(20)6-2-11/h1-10H. The summed E-state index contributed by atoms with van der Waals surface area (Å²) in [6.07, 6.45) is 0. The number of halogens is 2. The van der Waals surface area contributed by atoms with Crippen molar-refractivity contribution in [1.82, 2.24) is 0 Å². The van der Waals surface area contributed by atoms with Crippen LogP contribution in [0, 0.1) is 5.82 Å². The summed E-state index contributed by atoms with van der Waals surface area (Å²) < 4.78 is 20.0. The molecule has 0 amide bonds. The van der Waals surface area contributed by atoms with Crippen LogP contribution >= 0.6 is 15.9 Å². The van der Waals surface area contributed by atoms with Crippen molar-refractivity contribution in [2.24, 2.45) is 0 Å². The van der Waals surface area contributed by atoms with Crippen molar-refractivity contribution in [1.29, 1.82) is 0 Å². The van der Waals surface area contributed by atoms with Crippen LogP contribution in [0.2, 0.25) is 0 Å². The average molecular weight is 341 g/mol. The van der Waals surface area contributed by atoms with Crippen LogP contribution in [0.1, 0.15) is 0 Å². The van der Waals surface area contributed by atoms with E-state index in [2.05, 4.69) is 28.1 Å². The topological polar surface area (TPSA) is 13.1 Å². The van der Waals surface area contributed by atoms with Crippen molar-refractivity contribution >= 4 is 37.7 Å². The first-order valence-corrected chi connectivity index (χ1v) is 7.38. The summed E-state index contributed by atoms with van der Waals surface area (Å²) in [4.78, 5) is 0. The fourth-order valence-corrected chi connectivity index (χ4v) is 2.96.